The smallest absolute Gasteiger partial charge is 0.234 e. The first-order valence-electron chi connectivity index (χ1n) is 16.5. The number of ether oxygens (including phenoxy) is 1. The molecule has 7 nitrogen and oxygen atoms in total. The first kappa shape index (κ1) is 36.0. The van der Waals surface area contributed by atoms with Gasteiger partial charge >= 0.3 is 0 Å². The summed E-state index contributed by atoms with van der Waals surface area (Å²) in [7, 11) is 0. The van der Waals surface area contributed by atoms with Gasteiger partial charge in [-0.05, 0) is 41.0 Å². The number of nitrogens with zero attached hydrogens (tertiary/aromatic N) is 3. The molecule has 6 aromatic rings. The third kappa shape index (κ3) is 7.96. The number of thiol groups is 1. The molecular weight excluding hydrogens is 651 g/mol. The van der Waals surface area contributed by atoms with Gasteiger partial charge in [-0.1, -0.05) is 148 Å². The standard InChI is InChI=1S/C41H33N5O2S.C2H6/c1-2-16-37(49)35-27-33(36-25-15-26-47-36)34(28-42)40(44-35)48-38(29-17-7-3-8-18-29)39(43)45-46-41(30-19-9-4-10-20-30,31-21-11-5-12-22-31)32-23-13-6-14-24-32;1-2/h2-27,38,46,49H,1H2,(H2,43,45);1-2H3/b37-16-;. The summed E-state index contributed by atoms with van der Waals surface area (Å²) in [4.78, 5) is 5.25. The second-order valence-corrected chi connectivity index (χ2v) is 11.5. The number of nitriles is 1. The van der Waals surface area contributed by atoms with Crippen LogP contribution in [0.4, 0.5) is 0 Å². The summed E-state index contributed by atoms with van der Waals surface area (Å²) in [5.41, 5.74) is 14.2. The van der Waals surface area contributed by atoms with Gasteiger partial charge in [0, 0.05) is 16.0 Å². The third-order valence-electron chi connectivity index (χ3n) is 8.00. The van der Waals surface area contributed by atoms with Gasteiger partial charge in [0.25, 0.3) is 0 Å². The van der Waals surface area contributed by atoms with Crippen LogP contribution in [0.15, 0.2) is 174 Å². The highest BCUT2D eigenvalue weighted by molar-refractivity contribution is 7.90. The quantitative estimate of drug-likeness (QED) is 0.0295. The fourth-order valence-electron chi connectivity index (χ4n) is 5.67. The summed E-state index contributed by atoms with van der Waals surface area (Å²) in [5, 5.41) is 15.3. The summed E-state index contributed by atoms with van der Waals surface area (Å²) in [6.07, 6.45) is 3.91. The van der Waals surface area contributed by atoms with Crippen molar-refractivity contribution in [3.8, 4) is 23.3 Å². The summed E-state index contributed by atoms with van der Waals surface area (Å²) in [6.45, 7) is 7.78. The van der Waals surface area contributed by atoms with Crippen LogP contribution in [0.3, 0.4) is 0 Å². The molecule has 254 valence electrons. The Labute approximate surface area is 304 Å². The van der Waals surface area contributed by atoms with Crippen LogP contribution < -0.4 is 15.9 Å². The van der Waals surface area contributed by atoms with Crippen molar-refractivity contribution in [2.75, 3.05) is 0 Å². The van der Waals surface area contributed by atoms with E-state index >= 15 is 0 Å². The number of nitrogens with one attached hydrogen (secondary N) is 1. The number of rotatable bonds is 12. The normalized spacial score (nSPS) is 12.1. The Morgan fingerprint density at radius 2 is 1.41 bits per heavy atom. The molecule has 0 amide bonds. The Morgan fingerprint density at radius 3 is 1.88 bits per heavy atom. The highest BCUT2D eigenvalue weighted by Crippen LogP contribution is 2.38. The van der Waals surface area contributed by atoms with Gasteiger partial charge in [-0.3, -0.25) is 5.43 Å². The number of benzene rings is 4. The number of hydrazone groups is 1. The van der Waals surface area contributed by atoms with E-state index in [4.69, 9.17) is 25.0 Å². The molecule has 0 aliphatic carbocycles. The summed E-state index contributed by atoms with van der Waals surface area (Å²) in [5.74, 6) is 0.632. The van der Waals surface area contributed by atoms with Crippen LogP contribution in [0.25, 0.3) is 16.2 Å². The van der Waals surface area contributed by atoms with E-state index in [2.05, 4.69) is 67.1 Å². The lowest BCUT2D eigenvalue weighted by Gasteiger charge is -2.36. The zero-order valence-corrected chi connectivity index (χ0v) is 29.4. The topological polar surface area (TPSA) is 109 Å². The number of pyridine rings is 1. The Kier molecular flexibility index (Phi) is 12.3. The first-order valence-corrected chi connectivity index (χ1v) is 17.0. The molecule has 0 saturated heterocycles. The van der Waals surface area contributed by atoms with Crippen molar-refractivity contribution in [1.29, 1.82) is 5.26 Å². The van der Waals surface area contributed by atoms with E-state index in [1.807, 2.05) is 98.8 Å². The molecule has 0 aliphatic rings. The van der Waals surface area contributed by atoms with Gasteiger partial charge in [-0.2, -0.15) is 10.4 Å². The number of hydrogen-bond acceptors (Lipinski definition) is 7. The predicted octanol–water partition coefficient (Wildman–Crippen LogP) is 9.67. The predicted molar refractivity (Wildman–Crippen MR) is 209 cm³/mol. The lowest BCUT2D eigenvalue weighted by atomic mass is 9.77. The van der Waals surface area contributed by atoms with Crippen LogP contribution in [0.5, 0.6) is 5.88 Å². The Balaban J connectivity index is 0.00000248. The average molecular weight is 690 g/mol. The highest BCUT2D eigenvalue weighted by Gasteiger charge is 2.37. The van der Waals surface area contributed by atoms with Crippen LogP contribution in [0, 0.1) is 11.3 Å². The van der Waals surface area contributed by atoms with E-state index in [9.17, 15) is 5.26 Å². The lowest BCUT2D eigenvalue weighted by molar-refractivity contribution is 0.258. The van der Waals surface area contributed by atoms with Crippen LogP contribution in [-0.4, -0.2) is 10.8 Å². The van der Waals surface area contributed by atoms with E-state index in [1.54, 1.807) is 36.6 Å². The van der Waals surface area contributed by atoms with Gasteiger partial charge < -0.3 is 14.9 Å². The maximum absolute atomic E-state index is 10.4. The van der Waals surface area contributed by atoms with E-state index in [-0.39, 0.29) is 17.3 Å². The maximum atomic E-state index is 10.4. The molecule has 6 rings (SSSR count). The lowest BCUT2D eigenvalue weighted by Crippen LogP contribution is -2.43. The number of nitrogens with two attached hydrogens (primary N) is 1. The minimum atomic E-state index is -0.945. The molecule has 0 spiro atoms. The Hall–Kier alpha value is -6.30. The zero-order chi connectivity index (χ0) is 36.1. The average Bonchev–Trinajstić information content (AvgIpc) is 3.74. The SMILES string of the molecule is C=C/C=C(\S)c1cc(-c2ccco2)c(C#N)c(OC(/C(N)=N/NC(c2ccccc2)(c2ccccc2)c2ccccc2)c2ccccc2)n1.CC. The number of furan rings is 1. The second-order valence-electron chi connectivity index (χ2n) is 11.0. The number of aromatic nitrogens is 1. The molecule has 1 unspecified atom stereocenters. The van der Waals surface area contributed by atoms with E-state index in [0.717, 1.165) is 16.7 Å². The molecule has 0 radical (unpaired) electrons. The van der Waals surface area contributed by atoms with Crippen LogP contribution in [-0.2, 0) is 5.54 Å². The molecule has 8 heteroatoms. The zero-order valence-electron chi connectivity index (χ0n) is 28.5. The summed E-state index contributed by atoms with van der Waals surface area (Å²) >= 11 is 4.63. The largest absolute Gasteiger partial charge is 0.464 e. The molecule has 4 aromatic carbocycles. The summed E-state index contributed by atoms with van der Waals surface area (Å²) in [6, 6.07) is 47.2. The maximum Gasteiger partial charge on any atom is 0.234 e. The second kappa shape index (κ2) is 17.4. The fourth-order valence-corrected chi connectivity index (χ4v) is 5.89. The van der Waals surface area contributed by atoms with E-state index < -0.39 is 11.6 Å². The van der Waals surface area contributed by atoms with Crippen molar-refractivity contribution in [3.05, 3.63) is 198 Å². The van der Waals surface area contributed by atoms with Gasteiger partial charge in [-0.15, -0.1) is 12.6 Å². The third-order valence-corrected chi connectivity index (χ3v) is 8.37. The van der Waals surface area contributed by atoms with Crippen molar-refractivity contribution < 1.29 is 9.15 Å². The molecule has 0 saturated carbocycles. The van der Waals surface area contributed by atoms with E-state index in [0.29, 0.717) is 27.5 Å². The Morgan fingerprint density at radius 1 is 0.882 bits per heavy atom. The molecule has 3 N–H and O–H groups in total. The van der Waals surface area contributed by atoms with Crippen LogP contribution >= 0.6 is 12.6 Å². The number of allylic oxidation sites excluding steroid dienone is 2. The number of amidine groups is 1. The molecule has 0 bridgehead atoms. The van der Waals surface area contributed by atoms with Gasteiger partial charge in [0.2, 0.25) is 5.88 Å². The van der Waals surface area contributed by atoms with Crippen LogP contribution in [0.2, 0.25) is 0 Å². The van der Waals surface area contributed by atoms with Crippen molar-refractivity contribution in [3.63, 3.8) is 0 Å². The van der Waals surface area contributed by atoms with E-state index in [1.165, 1.54) is 0 Å². The molecule has 0 fully saturated rings. The van der Waals surface area contributed by atoms with Gasteiger partial charge in [0.1, 0.15) is 22.9 Å². The van der Waals surface area contributed by atoms with Crippen molar-refractivity contribution in [2.24, 2.45) is 10.8 Å². The Bertz CT molecular complexity index is 2010. The summed E-state index contributed by atoms with van der Waals surface area (Å²) < 4.78 is 12.3. The molecule has 0 aliphatic heterocycles. The molecule has 2 heterocycles. The molecular formula is C43H39N5O2S. The van der Waals surface area contributed by atoms with Crippen molar-refractivity contribution in [2.45, 2.75) is 25.5 Å². The molecule has 1 atom stereocenters. The van der Waals surface area contributed by atoms with Gasteiger partial charge in [0.05, 0.1) is 12.0 Å². The van der Waals surface area contributed by atoms with Crippen molar-refractivity contribution >= 4 is 23.4 Å². The minimum Gasteiger partial charge on any atom is -0.464 e. The minimum absolute atomic E-state index is 0.0443. The number of hydrogen-bond donors (Lipinski definition) is 3. The monoisotopic (exact) mass is 689 g/mol. The van der Waals surface area contributed by atoms with Crippen LogP contribution in [0.1, 0.15) is 53.5 Å². The van der Waals surface area contributed by atoms with Crippen molar-refractivity contribution in [1.82, 2.24) is 10.4 Å². The molecule has 51 heavy (non-hydrogen) atoms. The van der Waals surface area contributed by atoms with Gasteiger partial charge in [-0.25, -0.2) is 4.98 Å². The highest BCUT2D eigenvalue weighted by atomic mass is 32.1. The first-order chi connectivity index (χ1) is 25.0. The molecule has 2 aromatic heterocycles. The fraction of sp³-hybridized carbons (Fsp3) is 0.0930. The van der Waals surface area contributed by atoms with Gasteiger partial charge in [0.15, 0.2) is 11.9 Å².